The summed E-state index contributed by atoms with van der Waals surface area (Å²) in [6.45, 7) is 4.93. The van der Waals surface area contributed by atoms with Crippen LogP contribution in [0.2, 0.25) is 0 Å². The number of rotatable bonds is 10. The highest BCUT2D eigenvalue weighted by molar-refractivity contribution is 5.27. The Morgan fingerprint density at radius 1 is 0.947 bits per heavy atom. The molecule has 0 unspecified atom stereocenters. The van der Waals surface area contributed by atoms with E-state index in [0.29, 0.717) is 6.61 Å². The van der Waals surface area contributed by atoms with Crippen molar-refractivity contribution in [1.29, 1.82) is 0 Å². The highest BCUT2D eigenvalue weighted by atomic mass is 16.5. The molecule has 0 N–H and O–H groups in total. The smallest absolute Gasteiger partial charge is 0.119 e. The number of ether oxygens (including phenoxy) is 1. The Kier molecular flexibility index (Phi) is 8.87. The summed E-state index contributed by atoms with van der Waals surface area (Å²) in [5, 5.41) is 0. The highest BCUT2D eigenvalue weighted by Gasteiger charge is 1.96. The molecule has 1 aromatic carbocycles. The summed E-state index contributed by atoms with van der Waals surface area (Å²) in [5.74, 6) is 0.963. The maximum absolute atomic E-state index is 5.58. The SMILES string of the molecule is CC=CCOc1ccc(CCCCCCCC)cc1. The average Bonchev–Trinajstić information content (AvgIpc) is 2.44. The van der Waals surface area contributed by atoms with Crippen LogP contribution in [0.5, 0.6) is 5.75 Å². The Morgan fingerprint density at radius 3 is 2.32 bits per heavy atom. The van der Waals surface area contributed by atoms with Gasteiger partial charge in [-0.25, -0.2) is 0 Å². The van der Waals surface area contributed by atoms with Gasteiger partial charge in [0, 0.05) is 0 Å². The first-order chi connectivity index (χ1) is 9.36. The van der Waals surface area contributed by atoms with Crippen LogP contribution < -0.4 is 4.74 Å². The van der Waals surface area contributed by atoms with Crippen LogP contribution in [0.25, 0.3) is 0 Å². The maximum atomic E-state index is 5.58. The Bertz CT molecular complexity index is 337. The van der Waals surface area contributed by atoms with Gasteiger partial charge in [0.15, 0.2) is 0 Å². The predicted octanol–water partition coefficient (Wildman–Crippen LogP) is 5.54. The molecule has 0 radical (unpaired) electrons. The second-order valence-electron chi connectivity index (χ2n) is 5.04. The van der Waals surface area contributed by atoms with Crippen molar-refractivity contribution in [1.82, 2.24) is 0 Å². The standard InChI is InChI=1S/C18H28O/c1-3-5-7-8-9-10-11-17-12-14-18(15-13-17)19-16-6-4-2/h4,6,12-15H,3,5,7-11,16H2,1-2H3. The van der Waals surface area contributed by atoms with Crippen molar-refractivity contribution >= 4 is 0 Å². The van der Waals surface area contributed by atoms with E-state index in [4.69, 9.17) is 4.74 Å². The molecule has 0 heterocycles. The summed E-state index contributed by atoms with van der Waals surface area (Å²) in [5.41, 5.74) is 1.42. The monoisotopic (exact) mass is 260 g/mol. The fourth-order valence-corrected chi connectivity index (χ4v) is 2.10. The lowest BCUT2D eigenvalue weighted by atomic mass is 10.0. The lowest BCUT2D eigenvalue weighted by molar-refractivity contribution is 0.362. The van der Waals surface area contributed by atoms with Crippen LogP contribution in [0.4, 0.5) is 0 Å². The van der Waals surface area contributed by atoms with Crippen LogP contribution in [0.15, 0.2) is 36.4 Å². The average molecular weight is 260 g/mol. The molecule has 0 fully saturated rings. The molecule has 0 aliphatic rings. The number of aryl methyl sites for hydroxylation is 1. The van der Waals surface area contributed by atoms with Crippen molar-refractivity contribution in [3.8, 4) is 5.75 Å². The first-order valence-electron chi connectivity index (χ1n) is 7.69. The fraction of sp³-hybridized carbons (Fsp3) is 0.556. The van der Waals surface area contributed by atoms with Gasteiger partial charge in [0.05, 0.1) is 0 Å². The van der Waals surface area contributed by atoms with E-state index in [-0.39, 0.29) is 0 Å². The van der Waals surface area contributed by atoms with E-state index in [0.717, 1.165) is 5.75 Å². The molecule has 19 heavy (non-hydrogen) atoms. The minimum atomic E-state index is 0.660. The molecule has 0 bridgehead atoms. The highest BCUT2D eigenvalue weighted by Crippen LogP contribution is 2.15. The van der Waals surface area contributed by atoms with Gasteiger partial charge >= 0.3 is 0 Å². The lowest BCUT2D eigenvalue weighted by Gasteiger charge is -2.05. The molecule has 0 amide bonds. The first kappa shape index (κ1) is 15.8. The van der Waals surface area contributed by atoms with E-state index < -0.39 is 0 Å². The van der Waals surface area contributed by atoms with Gasteiger partial charge in [0.1, 0.15) is 12.4 Å². The molecule has 1 aromatic rings. The minimum absolute atomic E-state index is 0.660. The topological polar surface area (TPSA) is 9.23 Å². The van der Waals surface area contributed by atoms with Gasteiger partial charge < -0.3 is 4.74 Å². The minimum Gasteiger partial charge on any atom is -0.490 e. The van der Waals surface area contributed by atoms with Gasteiger partial charge in [-0.2, -0.15) is 0 Å². The predicted molar refractivity (Wildman–Crippen MR) is 83.8 cm³/mol. The summed E-state index contributed by atoms with van der Waals surface area (Å²) < 4.78 is 5.58. The largest absolute Gasteiger partial charge is 0.490 e. The molecule has 0 atom stereocenters. The number of unbranched alkanes of at least 4 members (excludes halogenated alkanes) is 5. The van der Waals surface area contributed by atoms with Gasteiger partial charge in [-0.05, 0) is 37.5 Å². The quantitative estimate of drug-likeness (QED) is 0.396. The second kappa shape index (κ2) is 10.7. The van der Waals surface area contributed by atoms with Gasteiger partial charge in [-0.1, -0.05) is 63.3 Å². The summed E-state index contributed by atoms with van der Waals surface area (Å²) in [6.07, 6.45) is 13.4. The molecule has 0 saturated carbocycles. The maximum Gasteiger partial charge on any atom is 0.119 e. The van der Waals surface area contributed by atoms with Crippen molar-refractivity contribution in [3.05, 3.63) is 42.0 Å². The molecule has 106 valence electrons. The van der Waals surface area contributed by atoms with Gasteiger partial charge in [-0.15, -0.1) is 0 Å². The van der Waals surface area contributed by atoms with Crippen molar-refractivity contribution in [2.75, 3.05) is 6.61 Å². The number of hydrogen-bond donors (Lipinski definition) is 0. The van der Waals surface area contributed by atoms with Crippen LogP contribution >= 0.6 is 0 Å². The van der Waals surface area contributed by atoms with E-state index in [9.17, 15) is 0 Å². The van der Waals surface area contributed by atoms with Gasteiger partial charge in [0.25, 0.3) is 0 Å². The van der Waals surface area contributed by atoms with E-state index >= 15 is 0 Å². The number of allylic oxidation sites excluding steroid dienone is 1. The Labute approximate surface area is 118 Å². The zero-order valence-electron chi connectivity index (χ0n) is 12.5. The Morgan fingerprint density at radius 2 is 1.63 bits per heavy atom. The van der Waals surface area contributed by atoms with Crippen molar-refractivity contribution in [2.24, 2.45) is 0 Å². The summed E-state index contributed by atoms with van der Waals surface area (Å²) in [6, 6.07) is 8.54. The van der Waals surface area contributed by atoms with Crippen LogP contribution in [0.1, 0.15) is 57.9 Å². The molecule has 0 saturated heterocycles. The number of hydrogen-bond acceptors (Lipinski definition) is 1. The molecule has 1 nitrogen and oxygen atoms in total. The van der Waals surface area contributed by atoms with Crippen LogP contribution in [-0.2, 0) is 6.42 Å². The molecular weight excluding hydrogens is 232 g/mol. The summed E-state index contributed by atoms with van der Waals surface area (Å²) in [7, 11) is 0. The zero-order chi connectivity index (χ0) is 13.8. The van der Waals surface area contributed by atoms with E-state index in [1.165, 1.54) is 50.5 Å². The Hall–Kier alpha value is -1.24. The van der Waals surface area contributed by atoms with Crippen LogP contribution in [0.3, 0.4) is 0 Å². The molecule has 0 aromatic heterocycles. The van der Waals surface area contributed by atoms with Gasteiger partial charge in [-0.3, -0.25) is 0 Å². The second-order valence-corrected chi connectivity index (χ2v) is 5.04. The molecule has 0 aliphatic heterocycles. The molecular formula is C18H28O. The van der Waals surface area contributed by atoms with Gasteiger partial charge in [0.2, 0.25) is 0 Å². The molecule has 0 aliphatic carbocycles. The third kappa shape index (κ3) is 7.71. The summed E-state index contributed by atoms with van der Waals surface area (Å²) >= 11 is 0. The normalized spacial score (nSPS) is 11.1. The fourth-order valence-electron chi connectivity index (χ4n) is 2.10. The Balaban J connectivity index is 2.17. The van der Waals surface area contributed by atoms with E-state index in [1.807, 2.05) is 19.1 Å². The van der Waals surface area contributed by atoms with Crippen LogP contribution in [-0.4, -0.2) is 6.61 Å². The molecule has 0 spiro atoms. The third-order valence-electron chi connectivity index (χ3n) is 3.32. The van der Waals surface area contributed by atoms with Crippen molar-refractivity contribution in [2.45, 2.75) is 58.8 Å². The molecule has 1 heteroatoms. The lowest BCUT2D eigenvalue weighted by Crippen LogP contribution is -1.93. The summed E-state index contributed by atoms with van der Waals surface area (Å²) in [4.78, 5) is 0. The van der Waals surface area contributed by atoms with Crippen molar-refractivity contribution < 1.29 is 4.74 Å². The zero-order valence-corrected chi connectivity index (χ0v) is 12.5. The van der Waals surface area contributed by atoms with E-state index in [1.54, 1.807) is 0 Å². The molecule has 1 rings (SSSR count). The van der Waals surface area contributed by atoms with Crippen molar-refractivity contribution in [3.63, 3.8) is 0 Å². The first-order valence-corrected chi connectivity index (χ1v) is 7.69. The number of benzene rings is 1. The van der Waals surface area contributed by atoms with E-state index in [2.05, 4.69) is 31.2 Å². The van der Waals surface area contributed by atoms with Crippen LogP contribution in [0, 0.1) is 0 Å². The third-order valence-corrected chi connectivity index (χ3v) is 3.32.